The largest absolute Gasteiger partial charge is 0.299 e. The highest BCUT2D eigenvalue weighted by atomic mass is 16.1. The Labute approximate surface area is 113 Å². The maximum absolute atomic E-state index is 11.6. The van der Waals surface area contributed by atoms with Crippen molar-refractivity contribution in [1.82, 2.24) is 0 Å². The molecule has 0 radical (unpaired) electrons. The van der Waals surface area contributed by atoms with Crippen molar-refractivity contribution in [2.45, 2.75) is 80.1 Å². The van der Waals surface area contributed by atoms with Crippen LogP contribution in [0.1, 0.15) is 80.1 Å². The first-order chi connectivity index (χ1) is 7.99. The third kappa shape index (κ3) is 11.8. The van der Waals surface area contributed by atoms with Crippen molar-refractivity contribution in [1.29, 1.82) is 0 Å². The van der Waals surface area contributed by atoms with Gasteiger partial charge in [0.25, 0.3) is 0 Å². The lowest BCUT2D eigenvalue weighted by atomic mass is 9.87. The van der Waals surface area contributed by atoms with E-state index in [-0.39, 0.29) is 28.8 Å². The highest BCUT2D eigenvalue weighted by Crippen LogP contribution is 2.23. The van der Waals surface area contributed by atoms with Crippen LogP contribution in [0, 0.1) is 10.8 Å². The Bertz CT molecular complexity index is 276. The molecule has 0 rings (SSSR count). The minimum absolute atomic E-state index is 0.102. The average molecular weight is 254 g/mol. The standard InChI is InChI=1S/C16H30O2/c1-15(2,3)10-7-8-13(17)12-14(18)9-11-16(4,5)6/h7-12H2,1-6H3. The van der Waals surface area contributed by atoms with E-state index in [1.54, 1.807) is 0 Å². The maximum atomic E-state index is 11.6. The van der Waals surface area contributed by atoms with Crippen molar-refractivity contribution >= 4 is 11.6 Å². The van der Waals surface area contributed by atoms with Gasteiger partial charge < -0.3 is 0 Å². The summed E-state index contributed by atoms with van der Waals surface area (Å²) in [5.41, 5.74) is 0.446. The molecule has 2 heteroatoms. The van der Waals surface area contributed by atoms with Crippen LogP contribution in [-0.4, -0.2) is 11.6 Å². The van der Waals surface area contributed by atoms with E-state index in [0.717, 1.165) is 19.3 Å². The van der Waals surface area contributed by atoms with Crippen molar-refractivity contribution in [2.24, 2.45) is 10.8 Å². The molecule has 0 aliphatic heterocycles. The topological polar surface area (TPSA) is 34.1 Å². The number of Topliss-reactive ketones (excluding diaryl/α,β-unsaturated/α-hetero) is 2. The van der Waals surface area contributed by atoms with E-state index in [4.69, 9.17) is 0 Å². The predicted molar refractivity (Wildman–Crippen MR) is 76.6 cm³/mol. The predicted octanol–water partition coefficient (Wildman–Crippen LogP) is 4.56. The fourth-order valence-electron chi connectivity index (χ4n) is 1.73. The van der Waals surface area contributed by atoms with Gasteiger partial charge in [-0.3, -0.25) is 9.59 Å². The molecule has 106 valence electrons. The lowest BCUT2D eigenvalue weighted by Gasteiger charge is -2.17. The molecular formula is C16H30O2. The smallest absolute Gasteiger partial charge is 0.140 e. The van der Waals surface area contributed by atoms with Crippen LogP contribution in [0.5, 0.6) is 0 Å². The summed E-state index contributed by atoms with van der Waals surface area (Å²) in [6.07, 6.45) is 4.03. The molecule has 0 aromatic rings. The van der Waals surface area contributed by atoms with Gasteiger partial charge in [-0.05, 0) is 30.1 Å². The van der Waals surface area contributed by atoms with Gasteiger partial charge in [0.15, 0.2) is 0 Å². The molecule has 18 heavy (non-hydrogen) atoms. The lowest BCUT2D eigenvalue weighted by Crippen LogP contribution is -2.13. The van der Waals surface area contributed by atoms with E-state index in [1.807, 2.05) is 0 Å². The molecule has 0 N–H and O–H groups in total. The molecule has 0 saturated heterocycles. The van der Waals surface area contributed by atoms with E-state index >= 15 is 0 Å². The summed E-state index contributed by atoms with van der Waals surface area (Å²) in [7, 11) is 0. The zero-order valence-corrected chi connectivity index (χ0v) is 13.1. The molecule has 0 atom stereocenters. The van der Waals surface area contributed by atoms with Crippen LogP contribution in [0.2, 0.25) is 0 Å². The Kier molecular flexibility index (Phi) is 6.80. The van der Waals surface area contributed by atoms with E-state index in [2.05, 4.69) is 41.5 Å². The van der Waals surface area contributed by atoms with Crippen molar-refractivity contribution in [2.75, 3.05) is 0 Å². The third-order valence-corrected chi connectivity index (χ3v) is 2.93. The van der Waals surface area contributed by atoms with Crippen LogP contribution in [0.25, 0.3) is 0 Å². The van der Waals surface area contributed by atoms with Crippen LogP contribution in [-0.2, 0) is 9.59 Å². The van der Waals surface area contributed by atoms with E-state index < -0.39 is 0 Å². The lowest BCUT2D eigenvalue weighted by molar-refractivity contribution is -0.127. The van der Waals surface area contributed by atoms with Gasteiger partial charge in [-0.15, -0.1) is 0 Å². The van der Waals surface area contributed by atoms with E-state index in [9.17, 15) is 9.59 Å². The van der Waals surface area contributed by atoms with Crippen molar-refractivity contribution in [3.05, 3.63) is 0 Å². The molecular weight excluding hydrogens is 224 g/mol. The van der Waals surface area contributed by atoms with Crippen molar-refractivity contribution in [3.63, 3.8) is 0 Å². The fourth-order valence-corrected chi connectivity index (χ4v) is 1.73. The maximum Gasteiger partial charge on any atom is 0.140 e. The molecule has 0 unspecified atom stereocenters. The minimum atomic E-state index is 0.102. The third-order valence-electron chi connectivity index (χ3n) is 2.93. The second kappa shape index (κ2) is 7.06. The Hall–Kier alpha value is -0.660. The zero-order valence-electron chi connectivity index (χ0n) is 13.1. The Balaban J connectivity index is 3.78. The van der Waals surface area contributed by atoms with E-state index in [0.29, 0.717) is 12.8 Å². The summed E-state index contributed by atoms with van der Waals surface area (Å²) in [6, 6.07) is 0. The van der Waals surface area contributed by atoms with Crippen LogP contribution in [0.15, 0.2) is 0 Å². The first-order valence-corrected chi connectivity index (χ1v) is 7.03. The summed E-state index contributed by atoms with van der Waals surface area (Å²) >= 11 is 0. The zero-order chi connectivity index (χ0) is 14.4. The fraction of sp³-hybridized carbons (Fsp3) is 0.875. The number of rotatable bonds is 7. The molecule has 2 nitrogen and oxygen atoms in total. The van der Waals surface area contributed by atoms with Crippen LogP contribution < -0.4 is 0 Å². The highest BCUT2D eigenvalue weighted by molar-refractivity contribution is 5.98. The summed E-state index contributed by atoms with van der Waals surface area (Å²) in [5, 5.41) is 0. The minimum Gasteiger partial charge on any atom is -0.299 e. The molecule has 0 aliphatic rings. The van der Waals surface area contributed by atoms with Crippen LogP contribution >= 0.6 is 0 Å². The Morgan fingerprint density at radius 2 is 1.17 bits per heavy atom. The van der Waals surface area contributed by atoms with Gasteiger partial charge in [-0.25, -0.2) is 0 Å². The number of hydrogen-bond donors (Lipinski definition) is 0. The van der Waals surface area contributed by atoms with Crippen LogP contribution in [0.4, 0.5) is 0 Å². The summed E-state index contributed by atoms with van der Waals surface area (Å²) in [6.45, 7) is 12.9. The molecule has 0 spiro atoms. The molecule has 0 aliphatic carbocycles. The summed E-state index contributed by atoms with van der Waals surface area (Å²) < 4.78 is 0. The monoisotopic (exact) mass is 254 g/mol. The molecule has 0 aromatic carbocycles. The van der Waals surface area contributed by atoms with Gasteiger partial charge in [0.1, 0.15) is 11.6 Å². The van der Waals surface area contributed by atoms with Crippen molar-refractivity contribution < 1.29 is 9.59 Å². The summed E-state index contributed by atoms with van der Waals surface area (Å²) in [5.74, 6) is 0.212. The van der Waals surface area contributed by atoms with Gasteiger partial charge in [-0.2, -0.15) is 0 Å². The Morgan fingerprint density at radius 3 is 1.61 bits per heavy atom. The SMILES string of the molecule is CC(C)(C)CCCC(=O)CC(=O)CCC(C)(C)C. The first-order valence-electron chi connectivity index (χ1n) is 7.03. The molecule has 0 aromatic heterocycles. The van der Waals surface area contributed by atoms with Gasteiger partial charge in [0.05, 0.1) is 6.42 Å². The van der Waals surface area contributed by atoms with Gasteiger partial charge >= 0.3 is 0 Å². The number of carbonyl (C=O) groups excluding carboxylic acids is 2. The average Bonchev–Trinajstić information content (AvgIpc) is 2.11. The van der Waals surface area contributed by atoms with Gasteiger partial charge in [0.2, 0.25) is 0 Å². The van der Waals surface area contributed by atoms with Gasteiger partial charge in [-0.1, -0.05) is 41.5 Å². The molecule has 0 amide bonds. The second-order valence-corrected chi connectivity index (χ2v) is 7.73. The molecule has 0 heterocycles. The molecule has 0 fully saturated rings. The van der Waals surface area contributed by atoms with Gasteiger partial charge in [0, 0.05) is 12.8 Å². The second-order valence-electron chi connectivity index (χ2n) is 7.73. The van der Waals surface area contributed by atoms with E-state index in [1.165, 1.54) is 0 Å². The molecule has 0 bridgehead atoms. The van der Waals surface area contributed by atoms with Crippen molar-refractivity contribution in [3.8, 4) is 0 Å². The Morgan fingerprint density at radius 1 is 0.722 bits per heavy atom. The molecule has 0 saturated carbocycles. The summed E-state index contributed by atoms with van der Waals surface area (Å²) in [4.78, 5) is 23.3. The quantitative estimate of drug-likeness (QED) is 0.624. The van der Waals surface area contributed by atoms with Crippen LogP contribution in [0.3, 0.4) is 0 Å². The number of carbonyl (C=O) groups is 2. The first kappa shape index (κ1) is 17.3. The normalized spacial score (nSPS) is 12.6. The number of hydrogen-bond acceptors (Lipinski definition) is 2. The number of ketones is 2. The highest BCUT2D eigenvalue weighted by Gasteiger charge is 2.16.